The zero-order valence-electron chi connectivity index (χ0n) is 15.9. The van der Waals surface area contributed by atoms with Gasteiger partial charge in [-0.1, -0.05) is 41.6 Å². The highest BCUT2D eigenvalue weighted by atomic mass is 16.5. The summed E-state index contributed by atoms with van der Waals surface area (Å²) >= 11 is 0. The number of nitriles is 1. The lowest BCUT2D eigenvalue weighted by Crippen LogP contribution is -2.13. The third-order valence-electron chi connectivity index (χ3n) is 4.17. The van der Waals surface area contributed by atoms with Crippen LogP contribution in [0.3, 0.4) is 0 Å². The normalized spacial score (nSPS) is 10.4. The van der Waals surface area contributed by atoms with E-state index < -0.39 is 0 Å². The molecule has 1 heterocycles. The van der Waals surface area contributed by atoms with Gasteiger partial charge < -0.3 is 19.3 Å². The highest BCUT2D eigenvalue weighted by Gasteiger charge is 2.08. The average molecular weight is 377 g/mol. The van der Waals surface area contributed by atoms with Gasteiger partial charge in [0.15, 0.2) is 17.3 Å². The van der Waals surface area contributed by atoms with Crippen LogP contribution in [-0.4, -0.2) is 18.9 Å². The van der Waals surface area contributed by atoms with Gasteiger partial charge in [0.05, 0.1) is 25.5 Å². The summed E-state index contributed by atoms with van der Waals surface area (Å²) in [5.41, 5.74) is 2.93. The van der Waals surface area contributed by atoms with E-state index in [0.717, 1.165) is 22.6 Å². The lowest BCUT2D eigenvalue weighted by atomic mass is 10.1. The Labute approximate surface area is 164 Å². The van der Waals surface area contributed by atoms with Crippen LogP contribution in [0.1, 0.15) is 24.1 Å². The first kappa shape index (κ1) is 19.5. The van der Waals surface area contributed by atoms with Gasteiger partial charge in [0, 0.05) is 31.1 Å². The molecular weight excluding hydrogens is 354 g/mol. The van der Waals surface area contributed by atoms with Crippen molar-refractivity contribution in [3.05, 3.63) is 65.9 Å². The molecule has 0 fully saturated rings. The van der Waals surface area contributed by atoms with Crippen molar-refractivity contribution in [3.63, 3.8) is 0 Å². The highest BCUT2D eigenvalue weighted by molar-refractivity contribution is 5.56. The topological polar surface area (TPSA) is 80.3 Å². The smallest absolute Gasteiger partial charge is 0.167 e. The molecule has 0 aliphatic rings. The third-order valence-corrected chi connectivity index (χ3v) is 4.17. The molecule has 0 saturated carbocycles. The molecule has 0 bridgehead atoms. The summed E-state index contributed by atoms with van der Waals surface area (Å²) < 4.78 is 16.5. The SMILES string of the molecule is COc1ccc(CNCc2cc(-c3ccccc3)on2)cc1OCCCC#N. The first-order chi connectivity index (χ1) is 13.8. The van der Waals surface area contributed by atoms with Crippen LogP contribution in [-0.2, 0) is 13.1 Å². The molecule has 1 aromatic heterocycles. The average Bonchev–Trinajstić information content (AvgIpc) is 3.21. The van der Waals surface area contributed by atoms with Crippen LogP contribution < -0.4 is 14.8 Å². The van der Waals surface area contributed by atoms with Gasteiger partial charge in [-0.15, -0.1) is 0 Å². The van der Waals surface area contributed by atoms with Crippen LogP contribution in [0.5, 0.6) is 11.5 Å². The molecule has 0 spiro atoms. The summed E-state index contributed by atoms with van der Waals surface area (Å²) in [6, 6.07) is 19.8. The van der Waals surface area contributed by atoms with Gasteiger partial charge in [-0.2, -0.15) is 5.26 Å². The van der Waals surface area contributed by atoms with E-state index in [9.17, 15) is 0 Å². The van der Waals surface area contributed by atoms with Gasteiger partial charge in [0.2, 0.25) is 0 Å². The van der Waals surface area contributed by atoms with Crippen molar-refractivity contribution in [2.24, 2.45) is 0 Å². The van der Waals surface area contributed by atoms with E-state index in [0.29, 0.717) is 44.0 Å². The van der Waals surface area contributed by atoms with Crippen molar-refractivity contribution in [2.45, 2.75) is 25.9 Å². The third kappa shape index (κ3) is 5.35. The number of benzene rings is 2. The summed E-state index contributed by atoms with van der Waals surface area (Å²) in [6.45, 7) is 1.74. The largest absolute Gasteiger partial charge is 0.493 e. The Bertz CT molecular complexity index is 916. The summed E-state index contributed by atoms with van der Waals surface area (Å²) in [4.78, 5) is 0. The number of nitrogens with zero attached hydrogens (tertiary/aromatic N) is 2. The van der Waals surface area contributed by atoms with Gasteiger partial charge in [-0.3, -0.25) is 0 Å². The summed E-state index contributed by atoms with van der Waals surface area (Å²) in [7, 11) is 1.62. The van der Waals surface area contributed by atoms with E-state index >= 15 is 0 Å². The minimum Gasteiger partial charge on any atom is -0.493 e. The second-order valence-electron chi connectivity index (χ2n) is 6.25. The van der Waals surface area contributed by atoms with Gasteiger partial charge >= 0.3 is 0 Å². The van der Waals surface area contributed by atoms with Crippen LogP contribution in [0.2, 0.25) is 0 Å². The molecule has 2 aromatic carbocycles. The molecule has 6 nitrogen and oxygen atoms in total. The monoisotopic (exact) mass is 377 g/mol. The zero-order chi connectivity index (χ0) is 19.6. The Hall–Kier alpha value is -3.30. The maximum absolute atomic E-state index is 8.62. The predicted octanol–water partition coefficient (Wildman–Crippen LogP) is 4.32. The van der Waals surface area contributed by atoms with Crippen LogP contribution in [0.25, 0.3) is 11.3 Å². The van der Waals surface area contributed by atoms with Crippen LogP contribution in [0.15, 0.2) is 59.1 Å². The van der Waals surface area contributed by atoms with E-state index in [-0.39, 0.29) is 0 Å². The number of rotatable bonds is 10. The summed E-state index contributed by atoms with van der Waals surface area (Å²) in [5, 5.41) is 16.1. The van der Waals surface area contributed by atoms with E-state index in [1.807, 2.05) is 54.6 Å². The fraction of sp³-hybridized carbons (Fsp3) is 0.273. The molecule has 6 heteroatoms. The molecule has 0 unspecified atom stereocenters. The minimum absolute atomic E-state index is 0.478. The standard InChI is InChI=1S/C22H23N3O3/c1-26-20-10-9-17(13-22(20)27-12-6-5-11-23)15-24-16-19-14-21(28-25-19)18-7-3-2-4-8-18/h2-4,7-10,13-14,24H,5-6,12,15-16H2,1H3. The number of hydrogen-bond acceptors (Lipinski definition) is 6. The molecule has 0 aliphatic heterocycles. The molecule has 3 aromatic rings. The molecule has 0 atom stereocenters. The molecule has 28 heavy (non-hydrogen) atoms. The van der Waals surface area contributed by atoms with Crippen molar-refractivity contribution in [3.8, 4) is 28.9 Å². The Morgan fingerprint density at radius 3 is 2.71 bits per heavy atom. The first-order valence-electron chi connectivity index (χ1n) is 9.18. The van der Waals surface area contributed by atoms with Crippen LogP contribution in [0, 0.1) is 11.3 Å². The van der Waals surface area contributed by atoms with Crippen LogP contribution in [0.4, 0.5) is 0 Å². The Morgan fingerprint density at radius 2 is 1.93 bits per heavy atom. The van der Waals surface area contributed by atoms with E-state index in [1.165, 1.54) is 0 Å². The van der Waals surface area contributed by atoms with Crippen molar-refractivity contribution in [1.29, 1.82) is 5.26 Å². The molecule has 0 aliphatic carbocycles. The second-order valence-corrected chi connectivity index (χ2v) is 6.25. The maximum atomic E-state index is 8.62. The highest BCUT2D eigenvalue weighted by Crippen LogP contribution is 2.28. The molecule has 1 N–H and O–H groups in total. The Kier molecular flexibility index (Phi) is 7.05. The fourth-order valence-electron chi connectivity index (χ4n) is 2.75. The number of aromatic nitrogens is 1. The summed E-state index contributed by atoms with van der Waals surface area (Å²) in [5.74, 6) is 2.13. The second kappa shape index (κ2) is 10.1. The fourth-order valence-corrected chi connectivity index (χ4v) is 2.75. The van der Waals surface area contributed by atoms with Gasteiger partial charge in [-0.25, -0.2) is 0 Å². The lowest BCUT2D eigenvalue weighted by Gasteiger charge is -2.12. The predicted molar refractivity (Wildman–Crippen MR) is 106 cm³/mol. The zero-order valence-corrected chi connectivity index (χ0v) is 15.9. The number of unbranched alkanes of at least 4 members (excludes halogenated alkanes) is 1. The van der Waals surface area contributed by atoms with Gasteiger partial charge in [0.25, 0.3) is 0 Å². The van der Waals surface area contributed by atoms with E-state index in [1.54, 1.807) is 7.11 Å². The number of methoxy groups -OCH3 is 1. The van der Waals surface area contributed by atoms with Gasteiger partial charge in [0.1, 0.15) is 0 Å². The summed E-state index contributed by atoms with van der Waals surface area (Å²) in [6.07, 6.45) is 1.17. The molecule has 144 valence electrons. The number of hydrogen-bond donors (Lipinski definition) is 1. The molecule has 0 saturated heterocycles. The molecule has 0 amide bonds. The van der Waals surface area contributed by atoms with Crippen molar-refractivity contribution in [1.82, 2.24) is 10.5 Å². The van der Waals surface area contributed by atoms with Crippen LogP contribution >= 0.6 is 0 Å². The van der Waals surface area contributed by atoms with E-state index in [4.69, 9.17) is 19.3 Å². The number of ether oxygens (including phenoxy) is 2. The van der Waals surface area contributed by atoms with Gasteiger partial charge in [-0.05, 0) is 24.1 Å². The van der Waals surface area contributed by atoms with Crippen molar-refractivity contribution < 1.29 is 14.0 Å². The van der Waals surface area contributed by atoms with Crippen molar-refractivity contribution in [2.75, 3.05) is 13.7 Å². The van der Waals surface area contributed by atoms with E-state index in [2.05, 4.69) is 16.5 Å². The first-order valence-corrected chi connectivity index (χ1v) is 9.18. The molecular formula is C22H23N3O3. The van der Waals surface area contributed by atoms with Crippen molar-refractivity contribution >= 4 is 0 Å². The minimum atomic E-state index is 0.478. The Morgan fingerprint density at radius 1 is 1.07 bits per heavy atom. The molecule has 0 radical (unpaired) electrons. The lowest BCUT2D eigenvalue weighted by molar-refractivity contribution is 0.290. The Balaban J connectivity index is 1.54. The maximum Gasteiger partial charge on any atom is 0.167 e. The number of nitrogens with one attached hydrogen (secondary N) is 1. The quantitative estimate of drug-likeness (QED) is 0.530. The molecule has 3 rings (SSSR count).